The third-order valence-electron chi connectivity index (χ3n) is 1.88. The molecule has 0 spiro atoms. The van der Waals surface area contributed by atoms with Crippen molar-refractivity contribution in [3.8, 4) is 0 Å². The number of hydrogen-bond donors (Lipinski definition) is 1. The maximum atomic E-state index is 10.5. The van der Waals surface area contributed by atoms with Crippen LogP contribution in [0.4, 0.5) is 4.79 Å². The lowest BCUT2D eigenvalue weighted by Gasteiger charge is -2.25. The van der Waals surface area contributed by atoms with Crippen LogP contribution >= 0.6 is 0 Å². The van der Waals surface area contributed by atoms with Crippen molar-refractivity contribution < 1.29 is 9.53 Å². The summed E-state index contributed by atoms with van der Waals surface area (Å²) in [6.07, 6.45) is -0.281. The predicted molar refractivity (Wildman–Crippen MR) is 37.7 cm³/mol. The Labute approximate surface area is 60.7 Å². The maximum absolute atomic E-state index is 10.5. The lowest BCUT2D eigenvalue weighted by atomic mass is 9.96. The number of carbonyl (C=O) groups is 1. The Balaban J connectivity index is 2.33. The van der Waals surface area contributed by atoms with Crippen LogP contribution in [0.25, 0.3) is 0 Å². The molecule has 1 atom stereocenters. The van der Waals surface area contributed by atoms with Crippen molar-refractivity contribution >= 4 is 6.09 Å². The van der Waals surface area contributed by atoms with Gasteiger partial charge in [-0.3, -0.25) is 0 Å². The number of rotatable bonds is 1. The molecule has 0 aromatic carbocycles. The van der Waals surface area contributed by atoms with Crippen molar-refractivity contribution in [2.24, 2.45) is 11.8 Å². The van der Waals surface area contributed by atoms with Crippen LogP contribution in [0, 0.1) is 11.8 Å². The van der Waals surface area contributed by atoms with Gasteiger partial charge in [0.05, 0.1) is 6.61 Å². The van der Waals surface area contributed by atoms with Gasteiger partial charge in [-0.25, -0.2) is 4.79 Å². The van der Waals surface area contributed by atoms with E-state index in [9.17, 15) is 4.79 Å². The van der Waals surface area contributed by atoms with Crippen molar-refractivity contribution in [2.45, 2.75) is 13.8 Å². The summed E-state index contributed by atoms with van der Waals surface area (Å²) in [5, 5.41) is 2.65. The smallest absolute Gasteiger partial charge is 0.407 e. The van der Waals surface area contributed by atoms with Gasteiger partial charge in [-0.2, -0.15) is 0 Å². The Morgan fingerprint density at radius 2 is 2.40 bits per heavy atom. The van der Waals surface area contributed by atoms with Gasteiger partial charge in [0.15, 0.2) is 0 Å². The first-order valence-corrected chi connectivity index (χ1v) is 3.61. The maximum Gasteiger partial charge on any atom is 0.407 e. The summed E-state index contributed by atoms with van der Waals surface area (Å²) in [5.74, 6) is 1.07. The Bertz CT molecular complexity index is 124. The number of nitrogens with one attached hydrogen (secondary N) is 1. The highest BCUT2D eigenvalue weighted by atomic mass is 16.6. The van der Waals surface area contributed by atoms with Gasteiger partial charge in [0, 0.05) is 12.5 Å². The van der Waals surface area contributed by atoms with Gasteiger partial charge in [-0.05, 0) is 5.92 Å². The van der Waals surface area contributed by atoms with Crippen LogP contribution in [0.15, 0.2) is 0 Å². The monoisotopic (exact) mass is 143 g/mol. The molecule has 0 aliphatic carbocycles. The molecule has 1 rings (SSSR count). The highest BCUT2D eigenvalue weighted by Crippen LogP contribution is 2.12. The van der Waals surface area contributed by atoms with E-state index >= 15 is 0 Å². The standard InChI is InChI=1S/C7H13NO2/c1-5(2)6-3-8-7(9)10-4-6/h5-6H,3-4H2,1-2H3,(H,8,9). The largest absolute Gasteiger partial charge is 0.449 e. The zero-order valence-corrected chi connectivity index (χ0v) is 6.39. The molecule has 1 fully saturated rings. The van der Waals surface area contributed by atoms with E-state index in [0.717, 1.165) is 6.54 Å². The third kappa shape index (κ3) is 1.62. The van der Waals surface area contributed by atoms with E-state index in [1.807, 2.05) is 0 Å². The summed E-state index contributed by atoms with van der Waals surface area (Å²) >= 11 is 0. The molecule has 0 aromatic rings. The topological polar surface area (TPSA) is 38.3 Å². The Hall–Kier alpha value is -0.730. The third-order valence-corrected chi connectivity index (χ3v) is 1.88. The minimum Gasteiger partial charge on any atom is -0.449 e. The Morgan fingerprint density at radius 1 is 1.70 bits per heavy atom. The molecule has 3 heteroatoms. The SMILES string of the molecule is CC(C)C1CNC(=O)OC1. The highest BCUT2D eigenvalue weighted by Gasteiger charge is 2.21. The van der Waals surface area contributed by atoms with Gasteiger partial charge in [-0.1, -0.05) is 13.8 Å². The minimum atomic E-state index is -0.281. The number of ether oxygens (including phenoxy) is 1. The average molecular weight is 143 g/mol. The van der Waals surface area contributed by atoms with Crippen LogP contribution < -0.4 is 5.32 Å². The van der Waals surface area contributed by atoms with Gasteiger partial charge in [0.25, 0.3) is 0 Å². The number of alkyl carbamates (subject to hydrolysis) is 1. The first-order valence-electron chi connectivity index (χ1n) is 3.61. The molecule has 0 bridgehead atoms. The van der Waals surface area contributed by atoms with Gasteiger partial charge in [0.1, 0.15) is 0 Å². The van der Waals surface area contributed by atoms with Crippen molar-refractivity contribution in [3.05, 3.63) is 0 Å². The number of hydrogen-bond acceptors (Lipinski definition) is 2. The first-order chi connectivity index (χ1) is 4.70. The molecule has 58 valence electrons. The molecule has 1 amide bonds. The van der Waals surface area contributed by atoms with Gasteiger partial charge in [-0.15, -0.1) is 0 Å². The summed E-state index contributed by atoms with van der Waals surface area (Å²) in [7, 11) is 0. The second-order valence-electron chi connectivity index (χ2n) is 2.98. The van der Waals surface area contributed by atoms with Gasteiger partial charge >= 0.3 is 6.09 Å². The lowest BCUT2D eigenvalue weighted by Crippen LogP contribution is -2.40. The molecule has 1 N–H and O–H groups in total. The van der Waals surface area contributed by atoms with Crippen molar-refractivity contribution in [1.29, 1.82) is 0 Å². The molecule has 0 saturated carbocycles. The molecule has 1 saturated heterocycles. The molecule has 1 aliphatic rings. The van der Waals surface area contributed by atoms with Crippen LogP contribution in [0.2, 0.25) is 0 Å². The fourth-order valence-electron chi connectivity index (χ4n) is 0.935. The van der Waals surface area contributed by atoms with E-state index < -0.39 is 0 Å². The van der Waals surface area contributed by atoms with Crippen molar-refractivity contribution in [2.75, 3.05) is 13.2 Å². The van der Waals surface area contributed by atoms with Crippen molar-refractivity contribution in [1.82, 2.24) is 5.32 Å². The molecular weight excluding hydrogens is 130 g/mol. The van der Waals surface area contributed by atoms with E-state index in [0.29, 0.717) is 18.4 Å². The normalized spacial score (nSPS) is 25.9. The van der Waals surface area contributed by atoms with Crippen molar-refractivity contribution in [3.63, 3.8) is 0 Å². The first kappa shape index (κ1) is 7.38. The number of amides is 1. The summed E-state index contributed by atoms with van der Waals surface area (Å²) in [6, 6.07) is 0. The van der Waals surface area contributed by atoms with E-state index in [-0.39, 0.29) is 6.09 Å². The number of cyclic esters (lactones) is 1. The lowest BCUT2D eigenvalue weighted by molar-refractivity contribution is 0.0884. The average Bonchev–Trinajstić information content (AvgIpc) is 1.88. The Kier molecular flexibility index (Phi) is 2.14. The molecule has 10 heavy (non-hydrogen) atoms. The highest BCUT2D eigenvalue weighted by molar-refractivity contribution is 5.67. The quantitative estimate of drug-likeness (QED) is 0.594. The zero-order valence-electron chi connectivity index (χ0n) is 6.39. The molecule has 3 nitrogen and oxygen atoms in total. The molecular formula is C7H13NO2. The van der Waals surface area contributed by atoms with E-state index in [4.69, 9.17) is 4.74 Å². The molecule has 0 aromatic heterocycles. The van der Waals surface area contributed by atoms with Gasteiger partial charge < -0.3 is 10.1 Å². The molecule has 1 unspecified atom stereocenters. The number of carbonyl (C=O) groups excluding carboxylic acids is 1. The predicted octanol–water partition coefficient (Wildman–Crippen LogP) is 0.998. The van der Waals surface area contributed by atoms with Crippen LogP contribution in [-0.4, -0.2) is 19.2 Å². The Morgan fingerprint density at radius 3 is 2.80 bits per heavy atom. The van der Waals surface area contributed by atoms with Crippen LogP contribution in [0.5, 0.6) is 0 Å². The van der Waals surface area contributed by atoms with E-state index in [1.54, 1.807) is 0 Å². The summed E-state index contributed by atoms with van der Waals surface area (Å²) in [5.41, 5.74) is 0. The fraction of sp³-hybridized carbons (Fsp3) is 0.857. The summed E-state index contributed by atoms with van der Waals surface area (Å²) < 4.78 is 4.80. The summed E-state index contributed by atoms with van der Waals surface area (Å²) in [4.78, 5) is 10.5. The zero-order chi connectivity index (χ0) is 7.56. The molecule has 0 radical (unpaired) electrons. The minimum absolute atomic E-state index is 0.281. The molecule has 1 aliphatic heterocycles. The van der Waals surface area contributed by atoms with E-state index in [2.05, 4.69) is 19.2 Å². The van der Waals surface area contributed by atoms with E-state index in [1.165, 1.54) is 0 Å². The second-order valence-corrected chi connectivity index (χ2v) is 2.98. The van der Waals surface area contributed by atoms with Gasteiger partial charge in [0.2, 0.25) is 0 Å². The van der Waals surface area contributed by atoms with Crippen LogP contribution in [-0.2, 0) is 4.74 Å². The fourth-order valence-corrected chi connectivity index (χ4v) is 0.935. The summed E-state index contributed by atoms with van der Waals surface area (Å²) in [6.45, 7) is 5.59. The van der Waals surface area contributed by atoms with Crippen LogP contribution in [0.3, 0.4) is 0 Å². The van der Waals surface area contributed by atoms with Crippen LogP contribution in [0.1, 0.15) is 13.8 Å². The second kappa shape index (κ2) is 2.90. The molecule has 1 heterocycles.